The number of piperidine rings is 1. The van der Waals surface area contributed by atoms with Crippen molar-refractivity contribution in [3.05, 3.63) is 59.2 Å². The number of hydrogen-bond acceptors (Lipinski definition) is 5. The van der Waals surface area contributed by atoms with Crippen molar-refractivity contribution >= 4 is 5.78 Å². The number of carbonyl (C=O) groups is 1. The number of nitrogens with zero attached hydrogens (tertiary/aromatic N) is 1. The van der Waals surface area contributed by atoms with Gasteiger partial charge in [0, 0.05) is 23.9 Å². The molecule has 2 aromatic carbocycles. The van der Waals surface area contributed by atoms with E-state index < -0.39 is 17.6 Å². The summed E-state index contributed by atoms with van der Waals surface area (Å²) in [5.41, 5.74) is 3.05. The number of Topliss-reactive ketones (excluding diaryl/α,β-unsaturated/α-hetero) is 1. The molecule has 1 unspecified atom stereocenters. The molecule has 2 aromatic rings. The first-order chi connectivity index (χ1) is 14.1. The summed E-state index contributed by atoms with van der Waals surface area (Å²) in [7, 11) is 2.13. The van der Waals surface area contributed by atoms with E-state index >= 15 is 0 Å². The lowest BCUT2D eigenvalue weighted by molar-refractivity contribution is -0.151. The lowest BCUT2D eigenvalue weighted by Crippen LogP contribution is -2.69. The molecule has 1 saturated carbocycles. The fourth-order valence-corrected chi connectivity index (χ4v) is 6.41. The minimum atomic E-state index is -0.608. The van der Waals surface area contributed by atoms with Crippen LogP contribution in [0, 0.1) is 5.92 Å². The molecular formula is C24H25NO4. The predicted octanol–water partition coefficient (Wildman–Crippen LogP) is 2.47. The highest BCUT2D eigenvalue weighted by molar-refractivity contribution is 5.89. The zero-order valence-corrected chi connectivity index (χ0v) is 16.5. The summed E-state index contributed by atoms with van der Waals surface area (Å²) in [6.45, 7) is 1.37. The predicted molar refractivity (Wildman–Crippen MR) is 107 cm³/mol. The molecule has 29 heavy (non-hydrogen) atoms. The topological polar surface area (TPSA) is 59.0 Å². The third kappa shape index (κ3) is 2.26. The largest absolute Gasteiger partial charge is 0.485 e. The average Bonchev–Trinajstić information content (AvgIpc) is 3.07. The van der Waals surface area contributed by atoms with Crippen molar-refractivity contribution in [3.8, 4) is 11.5 Å². The zero-order valence-electron chi connectivity index (χ0n) is 16.5. The number of benzene rings is 2. The van der Waals surface area contributed by atoms with Gasteiger partial charge in [-0.05, 0) is 43.6 Å². The molecule has 5 atom stereocenters. The fourth-order valence-electron chi connectivity index (χ4n) is 6.41. The van der Waals surface area contributed by atoms with Crippen molar-refractivity contribution in [3.63, 3.8) is 0 Å². The van der Waals surface area contributed by atoms with Crippen molar-refractivity contribution < 1.29 is 19.4 Å². The third-order valence-corrected chi connectivity index (χ3v) is 7.61. The second-order valence-electron chi connectivity index (χ2n) is 9.01. The van der Waals surface area contributed by atoms with E-state index in [0.717, 1.165) is 36.3 Å². The Labute approximate surface area is 170 Å². The standard InChI is InChI=1S/C24H25NO4/c1-25-10-9-24-20-15-7-8-19(28-13-14-5-3-2-4-6-14)22(20)29-23(24)18(27)12-17(26)21(24)16(25)11-15/h2-8,16-17,21,23,26H,9-13H2,1H3/t16-,17?,21-,23+,24-/m1/s1. The Morgan fingerprint density at radius 2 is 2.03 bits per heavy atom. The maximum absolute atomic E-state index is 13.0. The van der Waals surface area contributed by atoms with E-state index in [9.17, 15) is 9.90 Å². The Kier molecular flexibility index (Phi) is 3.66. The second kappa shape index (κ2) is 6.07. The van der Waals surface area contributed by atoms with Crippen LogP contribution >= 0.6 is 0 Å². The first-order valence-electron chi connectivity index (χ1n) is 10.5. The quantitative estimate of drug-likeness (QED) is 0.871. The van der Waals surface area contributed by atoms with Gasteiger partial charge >= 0.3 is 0 Å². The number of ether oxygens (including phenoxy) is 2. The van der Waals surface area contributed by atoms with Crippen molar-refractivity contribution in [2.24, 2.45) is 5.92 Å². The average molecular weight is 391 g/mol. The molecule has 150 valence electrons. The number of likely N-dealkylation sites (tertiary alicyclic amines) is 1. The van der Waals surface area contributed by atoms with Crippen molar-refractivity contribution in [1.29, 1.82) is 0 Å². The molecule has 1 N–H and O–H groups in total. The summed E-state index contributed by atoms with van der Waals surface area (Å²) in [6.07, 6.45) is 0.794. The molecule has 5 heteroatoms. The summed E-state index contributed by atoms with van der Waals surface area (Å²) in [6, 6.07) is 14.4. The van der Waals surface area contributed by atoms with Crippen LogP contribution in [0.5, 0.6) is 11.5 Å². The molecule has 4 aliphatic rings. The maximum Gasteiger partial charge on any atom is 0.176 e. The molecule has 5 nitrogen and oxygen atoms in total. The van der Waals surface area contributed by atoms with Crippen LogP contribution < -0.4 is 9.47 Å². The summed E-state index contributed by atoms with van der Waals surface area (Å²) < 4.78 is 12.6. The SMILES string of the molecule is CN1CC[C@]23c4c5ccc(OCc6ccccc6)c4O[C@H]2C(=O)CC(O)[C@H]3[C@H]1C5. The van der Waals surface area contributed by atoms with E-state index in [2.05, 4.69) is 18.0 Å². The highest BCUT2D eigenvalue weighted by Gasteiger charge is 2.68. The van der Waals surface area contributed by atoms with Gasteiger partial charge in [-0.3, -0.25) is 4.79 Å². The zero-order chi connectivity index (χ0) is 19.8. The molecule has 2 aliphatic carbocycles. The smallest absolute Gasteiger partial charge is 0.176 e. The van der Waals surface area contributed by atoms with Gasteiger partial charge in [0.25, 0.3) is 0 Å². The Hall–Kier alpha value is -2.37. The molecule has 2 fully saturated rings. The molecule has 2 bridgehead atoms. The molecule has 6 rings (SSSR count). The van der Waals surface area contributed by atoms with E-state index in [1.807, 2.05) is 36.4 Å². The van der Waals surface area contributed by atoms with Gasteiger partial charge < -0.3 is 19.5 Å². The normalized spacial score (nSPS) is 34.5. The van der Waals surface area contributed by atoms with Crippen LogP contribution in [0.15, 0.2) is 42.5 Å². The van der Waals surface area contributed by atoms with Gasteiger partial charge in [-0.2, -0.15) is 0 Å². The monoisotopic (exact) mass is 391 g/mol. The van der Waals surface area contributed by atoms with Crippen LogP contribution in [0.1, 0.15) is 29.5 Å². The molecule has 0 aromatic heterocycles. The van der Waals surface area contributed by atoms with Crippen LogP contribution in [0.2, 0.25) is 0 Å². The summed E-state index contributed by atoms with van der Waals surface area (Å²) in [5, 5.41) is 10.9. The van der Waals surface area contributed by atoms with Gasteiger partial charge in [-0.25, -0.2) is 0 Å². The van der Waals surface area contributed by atoms with E-state index in [0.29, 0.717) is 12.4 Å². The molecule has 2 heterocycles. The first kappa shape index (κ1) is 17.5. The van der Waals surface area contributed by atoms with Gasteiger partial charge in [0.05, 0.1) is 11.5 Å². The van der Waals surface area contributed by atoms with Gasteiger partial charge in [0.1, 0.15) is 6.61 Å². The van der Waals surface area contributed by atoms with Crippen molar-refractivity contribution in [2.45, 2.75) is 49.5 Å². The van der Waals surface area contributed by atoms with Gasteiger partial charge in [-0.1, -0.05) is 36.4 Å². The number of carbonyl (C=O) groups excluding carboxylic acids is 1. The van der Waals surface area contributed by atoms with E-state index in [4.69, 9.17) is 9.47 Å². The number of aliphatic hydroxyl groups excluding tert-OH is 1. The Bertz CT molecular complexity index is 990. The lowest BCUT2D eigenvalue weighted by atomic mass is 9.51. The van der Waals surface area contributed by atoms with Crippen LogP contribution in [-0.2, 0) is 23.2 Å². The summed E-state index contributed by atoms with van der Waals surface area (Å²) in [5.74, 6) is 1.49. The molecule has 1 saturated heterocycles. The van der Waals surface area contributed by atoms with Crippen molar-refractivity contribution in [1.82, 2.24) is 4.90 Å². The second-order valence-corrected chi connectivity index (χ2v) is 9.01. The highest BCUT2D eigenvalue weighted by atomic mass is 16.5. The first-order valence-corrected chi connectivity index (χ1v) is 10.5. The van der Waals surface area contributed by atoms with Crippen LogP contribution in [0.3, 0.4) is 0 Å². The highest BCUT2D eigenvalue weighted by Crippen LogP contribution is 2.63. The molecular weight excluding hydrogens is 366 g/mol. The van der Waals surface area contributed by atoms with Crippen LogP contribution in [0.4, 0.5) is 0 Å². The number of aliphatic hydroxyl groups is 1. The molecule has 1 spiro atoms. The summed E-state index contributed by atoms with van der Waals surface area (Å²) in [4.78, 5) is 15.3. The summed E-state index contributed by atoms with van der Waals surface area (Å²) >= 11 is 0. The Morgan fingerprint density at radius 3 is 2.86 bits per heavy atom. The molecule has 2 aliphatic heterocycles. The minimum absolute atomic E-state index is 0.0233. The number of likely N-dealkylation sites (N-methyl/N-ethyl adjacent to an activating group) is 1. The van der Waals surface area contributed by atoms with E-state index in [1.165, 1.54) is 5.56 Å². The minimum Gasteiger partial charge on any atom is -0.485 e. The van der Waals surface area contributed by atoms with Crippen LogP contribution in [0.25, 0.3) is 0 Å². The number of hydrogen-bond donors (Lipinski definition) is 1. The Balaban J connectivity index is 1.47. The van der Waals surface area contributed by atoms with Crippen LogP contribution in [-0.4, -0.2) is 47.6 Å². The Morgan fingerprint density at radius 1 is 1.21 bits per heavy atom. The molecule has 0 amide bonds. The van der Waals surface area contributed by atoms with Gasteiger partial charge in [-0.15, -0.1) is 0 Å². The molecule has 0 radical (unpaired) electrons. The third-order valence-electron chi connectivity index (χ3n) is 7.61. The van der Waals surface area contributed by atoms with E-state index in [-0.39, 0.29) is 24.2 Å². The van der Waals surface area contributed by atoms with Crippen molar-refractivity contribution in [2.75, 3.05) is 13.6 Å². The van der Waals surface area contributed by atoms with Gasteiger partial charge in [0.2, 0.25) is 0 Å². The van der Waals surface area contributed by atoms with Gasteiger partial charge in [0.15, 0.2) is 23.4 Å². The number of ketones is 1. The number of rotatable bonds is 3. The fraction of sp³-hybridized carbons (Fsp3) is 0.458. The maximum atomic E-state index is 13.0. The van der Waals surface area contributed by atoms with E-state index in [1.54, 1.807) is 0 Å². The lowest BCUT2D eigenvalue weighted by Gasteiger charge is -2.58.